The zero-order valence-corrected chi connectivity index (χ0v) is 15.5. The van der Waals surface area contributed by atoms with E-state index in [0.717, 1.165) is 36.7 Å². The molecule has 1 saturated heterocycles. The predicted octanol–water partition coefficient (Wildman–Crippen LogP) is 3.72. The van der Waals surface area contributed by atoms with Crippen LogP contribution in [-0.2, 0) is 10.0 Å². The Morgan fingerprint density at radius 1 is 1.00 bits per heavy atom. The van der Waals surface area contributed by atoms with Crippen LogP contribution in [0.15, 0.2) is 52.3 Å². The Hall–Kier alpha value is -1.77. The van der Waals surface area contributed by atoms with Crippen LogP contribution in [0.1, 0.15) is 23.2 Å². The van der Waals surface area contributed by atoms with Gasteiger partial charge in [-0.15, -0.1) is 11.8 Å². The molecule has 1 fully saturated rings. The summed E-state index contributed by atoms with van der Waals surface area (Å²) in [7, 11) is -3.51. The van der Waals surface area contributed by atoms with Gasteiger partial charge in [-0.3, -0.25) is 4.79 Å². The highest BCUT2D eigenvalue weighted by Gasteiger charge is 2.27. The van der Waals surface area contributed by atoms with Crippen molar-refractivity contribution in [3.8, 4) is 0 Å². The predicted molar refractivity (Wildman–Crippen MR) is 95.8 cm³/mol. The molecule has 138 valence electrons. The molecule has 0 atom stereocenters. The summed E-state index contributed by atoms with van der Waals surface area (Å²) in [6.45, 7) is 1.04. The van der Waals surface area contributed by atoms with Crippen LogP contribution in [-0.4, -0.2) is 37.3 Å². The molecule has 0 amide bonds. The van der Waals surface area contributed by atoms with Crippen molar-refractivity contribution in [3.05, 3.63) is 59.7 Å². The van der Waals surface area contributed by atoms with Crippen LogP contribution in [0.25, 0.3) is 0 Å². The maximum Gasteiger partial charge on any atom is 0.243 e. The molecule has 0 radical (unpaired) electrons. The Morgan fingerprint density at radius 2 is 1.65 bits per heavy atom. The lowest BCUT2D eigenvalue weighted by Gasteiger charge is -2.15. The summed E-state index contributed by atoms with van der Waals surface area (Å²) >= 11 is 1.09. The highest BCUT2D eigenvalue weighted by atomic mass is 32.2. The first-order valence-corrected chi connectivity index (χ1v) is 10.5. The molecule has 26 heavy (non-hydrogen) atoms. The third kappa shape index (κ3) is 4.13. The second kappa shape index (κ2) is 7.85. The van der Waals surface area contributed by atoms with Crippen molar-refractivity contribution in [2.24, 2.45) is 0 Å². The third-order valence-electron chi connectivity index (χ3n) is 4.14. The van der Waals surface area contributed by atoms with Crippen molar-refractivity contribution < 1.29 is 22.0 Å². The molecule has 1 aliphatic heterocycles. The standard InChI is InChI=1S/C18H17F2NO3S2/c19-16-8-5-14(11-17(16)20)25-12-18(22)13-3-6-15(7-4-13)26(23,24)21-9-1-2-10-21/h3-8,11H,1-2,9-10,12H2. The van der Waals surface area contributed by atoms with E-state index in [9.17, 15) is 22.0 Å². The average molecular weight is 397 g/mol. The van der Waals surface area contributed by atoms with E-state index in [1.54, 1.807) is 0 Å². The monoisotopic (exact) mass is 397 g/mol. The summed E-state index contributed by atoms with van der Waals surface area (Å²) in [4.78, 5) is 12.9. The molecule has 8 heteroatoms. The minimum absolute atomic E-state index is 0.0449. The lowest BCUT2D eigenvalue weighted by molar-refractivity contribution is 0.102. The van der Waals surface area contributed by atoms with E-state index >= 15 is 0 Å². The first kappa shape index (κ1) is 19.0. The van der Waals surface area contributed by atoms with E-state index in [4.69, 9.17) is 0 Å². The van der Waals surface area contributed by atoms with Crippen molar-refractivity contribution in [2.75, 3.05) is 18.8 Å². The van der Waals surface area contributed by atoms with Gasteiger partial charge in [-0.2, -0.15) is 4.31 Å². The Morgan fingerprint density at radius 3 is 2.27 bits per heavy atom. The zero-order chi connectivity index (χ0) is 18.7. The second-order valence-electron chi connectivity index (χ2n) is 5.92. The smallest absolute Gasteiger partial charge is 0.243 e. The van der Waals surface area contributed by atoms with Crippen molar-refractivity contribution in [1.29, 1.82) is 0 Å². The van der Waals surface area contributed by atoms with E-state index in [1.165, 1.54) is 34.6 Å². The van der Waals surface area contributed by atoms with Crippen molar-refractivity contribution in [1.82, 2.24) is 4.31 Å². The summed E-state index contributed by atoms with van der Waals surface area (Å²) in [5.74, 6) is -2.07. The molecule has 0 unspecified atom stereocenters. The highest BCUT2D eigenvalue weighted by molar-refractivity contribution is 8.00. The summed E-state index contributed by atoms with van der Waals surface area (Å²) in [5.41, 5.74) is 0.375. The van der Waals surface area contributed by atoms with Crippen LogP contribution in [0.4, 0.5) is 8.78 Å². The third-order valence-corrected chi connectivity index (χ3v) is 7.05. The topological polar surface area (TPSA) is 54.5 Å². The molecule has 0 bridgehead atoms. The SMILES string of the molecule is O=C(CSc1ccc(F)c(F)c1)c1ccc(S(=O)(=O)N2CCCC2)cc1. The first-order valence-electron chi connectivity index (χ1n) is 8.09. The summed E-state index contributed by atoms with van der Waals surface area (Å²) in [5, 5.41) is 0. The molecule has 2 aromatic carbocycles. The molecule has 2 aromatic rings. The van der Waals surface area contributed by atoms with Crippen molar-refractivity contribution in [2.45, 2.75) is 22.6 Å². The fourth-order valence-electron chi connectivity index (χ4n) is 2.69. The van der Waals surface area contributed by atoms with Gasteiger partial charge in [0, 0.05) is 23.5 Å². The fourth-order valence-corrected chi connectivity index (χ4v) is 5.02. The maximum atomic E-state index is 13.2. The lowest BCUT2D eigenvalue weighted by atomic mass is 10.1. The zero-order valence-electron chi connectivity index (χ0n) is 13.8. The van der Waals surface area contributed by atoms with E-state index in [-0.39, 0.29) is 16.4 Å². The Balaban J connectivity index is 1.66. The van der Waals surface area contributed by atoms with Gasteiger partial charge in [-0.25, -0.2) is 17.2 Å². The van der Waals surface area contributed by atoms with Crippen LogP contribution in [0.3, 0.4) is 0 Å². The number of carbonyl (C=O) groups is 1. The maximum absolute atomic E-state index is 13.2. The van der Waals surface area contributed by atoms with Crippen LogP contribution < -0.4 is 0 Å². The normalized spacial score (nSPS) is 15.3. The highest BCUT2D eigenvalue weighted by Crippen LogP contribution is 2.23. The number of thioether (sulfide) groups is 1. The number of halogens is 2. The van der Waals surface area contributed by atoms with Crippen molar-refractivity contribution in [3.63, 3.8) is 0 Å². The van der Waals surface area contributed by atoms with Crippen LogP contribution in [0, 0.1) is 11.6 Å². The summed E-state index contributed by atoms with van der Waals surface area (Å²) < 4.78 is 52.4. The molecule has 0 aromatic heterocycles. The molecule has 4 nitrogen and oxygen atoms in total. The first-order chi connectivity index (χ1) is 12.4. The van der Waals surface area contributed by atoms with Gasteiger partial charge in [0.15, 0.2) is 17.4 Å². The number of hydrogen-bond acceptors (Lipinski definition) is 4. The van der Waals surface area contributed by atoms with Crippen LogP contribution in [0.5, 0.6) is 0 Å². The number of Topliss-reactive ketones (excluding diaryl/α,β-unsaturated/α-hetero) is 1. The van der Waals surface area contributed by atoms with Crippen LogP contribution in [0.2, 0.25) is 0 Å². The van der Waals surface area contributed by atoms with E-state index < -0.39 is 21.7 Å². The molecule has 1 heterocycles. The molecule has 0 N–H and O–H groups in total. The summed E-state index contributed by atoms with van der Waals surface area (Å²) in [6, 6.07) is 9.29. The number of carbonyl (C=O) groups excluding carboxylic acids is 1. The lowest BCUT2D eigenvalue weighted by Crippen LogP contribution is -2.27. The number of sulfonamides is 1. The van der Waals surface area contributed by atoms with Gasteiger partial charge < -0.3 is 0 Å². The van der Waals surface area contributed by atoms with E-state index in [2.05, 4.69) is 0 Å². The van der Waals surface area contributed by atoms with E-state index in [0.29, 0.717) is 23.5 Å². The van der Waals surface area contributed by atoms with Crippen LogP contribution >= 0.6 is 11.8 Å². The van der Waals surface area contributed by atoms with Gasteiger partial charge in [-0.1, -0.05) is 12.1 Å². The Bertz CT molecular complexity index is 909. The number of ketones is 1. The van der Waals surface area contributed by atoms with Gasteiger partial charge in [0.25, 0.3) is 0 Å². The molecule has 1 aliphatic rings. The van der Waals surface area contributed by atoms with Crippen molar-refractivity contribution >= 4 is 27.6 Å². The minimum atomic E-state index is -3.51. The van der Waals surface area contributed by atoms with E-state index in [1.807, 2.05) is 0 Å². The average Bonchev–Trinajstić information content (AvgIpc) is 3.18. The molecular weight excluding hydrogens is 380 g/mol. The minimum Gasteiger partial charge on any atom is -0.293 e. The number of nitrogens with zero attached hydrogens (tertiary/aromatic N) is 1. The Kier molecular flexibility index (Phi) is 5.74. The van der Waals surface area contributed by atoms with Gasteiger partial charge in [0.05, 0.1) is 10.6 Å². The number of hydrogen-bond donors (Lipinski definition) is 0. The Labute approximate surface area is 155 Å². The van der Waals surface area contributed by atoms with Gasteiger partial charge in [-0.05, 0) is 43.2 Å². The second-order valence-corrected chi connectivity index (χ2v) is 8.91. The van der Waals surface area contributed by atoms with Gasteiger partial charge >= 0.3 is 0 Å². The fraction of sp³-hybridized carbons (Fsp3) is 0.278. The largest absolute Gasteiger partial charge is 0.293 e. The summed E-state index contributed by atoms with van der Waals surface area (Å²) in [6.07, 6.45) is 1.72. The molecule has 0 saturated carbocycles. The number of rotatable bonds is 6. The molecular formula is C18H17F2NO3S2. The molecule has 0 spiro atoms. The number of benzene rings is 2. The van der Waals surface area contributed by atoms with Gasteiger partial charge in [0.2, 0.25) is 10.0 Å². The molecule has 3 rings (SSSR count). The van der Waals surface area contributed by atoms with Gasteiger partial charge in [0.1, 0.15) is 0 Å². The molecule has 0 aliphatic carbocycles. The quantitative estimate of drug-likeness (QED) is 0.551.